The van der Waals surface area contributed by atoms with Crippen LogP contribution in [0.15, 0.2) is 65.6 Å². The van der Waals surface area contributed by atoms with Gasteiger partial charge in [-0.1, -0.05) is 40.9 Å². The Balaban J connectivity index is 1.77. The third-order valence-corrected chi connectivity index (χ3v) is 5.58. The van der Waals surface area contributed by atoms with Gasteiger partial charge in [0, 0.05) is 37.5 Å². The first-order chi connectivity index (χ1) is 13.4. The van der Waals surface area contributed by atoms with Gasteiger partial charge in [0.2, 0.25) is 0 Å². The van der Waals surface area contributed by atoms with E-state index in [0.29, 0.717) is 27.0 Å². The highest BCUT2D eigenvalue weighted by atomic mass is 35.5. The first kappa shape index (κ1) is 20.6. The lowest BCUT2D eigenvalue weighted by atomic mass is 10.1. The maximum absolute atomic E-state index is 12.7. The molecule has 0 aliphatic carbocycles. The molecule has 3 aromatic rings. The summed E-state index contributed by atoms with van der Waals surface area (Å²) in [7, 11) is 1.63. The molecule has 1 amide bonds. The van der Waals surface area contributed by atoms with Crippen molar-refractivity contribution in [1.29, 1.82) is 0 Å². The number of nitrogens with one attached hydrogen (secondary N) is 1. The average molecular weight is 432 g/mol. The number of carbonyl (C=O) groups excluding carboxylic acids is 1. The number of hydrogen-bond donors (Lipinski definition) is 1. The number of methoxy groups -OCH3 is 1. The van der Waals surface area contributed by atoms with Gasteiger partial charge in [-0.25, -0.2) is 0 Å². The highest BCUT2D eigenvalue weighted by Gasteiger charge is 2.12. The van der Waals surface area contributed by atoms with Crippen molar-refractivity contribution >= 4 is 46.6 Å². The van der Waals surface area contributed by atoms with Crippen LogP contribution < -0.4 is 10.1 Å². The van der Waals surface area contributed by atoms with Gasteiger partial charge in [-0.05, 0) is 55.5 Å². The van der Waals surface area contributed by atoms with E-state index in [2.05, 4.69) is 36.5 Å². The number of amides is 1. The van der Waals surface area contributed by atoms with Crippen LogP contribution >= 0.6 is 35.0 Å². The first-order valence-electron chi connectivity index (χ1n) is 8.58. The number of halogens is 2. The summed E-state index contributed by atoms with van der Waals surface area (Å²) >= 11 is 13.7. The van der Waals surface area contributed by atoms with Crippen LogP contribution in [-0.2, 0) is 5.75 Å². The summed E-state index contributed by atoms with van der Waals surface area (Å²) in [6, 6.07) is 18.7. The van der Waals surface area contributed by atoms with Crippen LogP contribution in [0.1, 0.15) is 21.5 Å². The van der Waals surface area contributed by atoms with Gasteiger partial charge in [0.15, 0.2) is 0 Å². The zero-order chi connectivity index (χ0) is 20.1. The predicted molar refractivity (Wildman–Crippen MR) is 118 cm³/mol. The van der Waals surface area contributed by atoms with Crippen molar-refractivity contribution in [3.63, 3.8) is 0 Å². The van der Waals surface area contributed by atoms with Crippen LogP contribution in [0.2, 0.25) is 10.0 Å². The van der Waals surface area contributed by atoms with Gasteiger partial charge in [0.25, 0.3) is 5.91 Å². The Hall–Kier alpha value is -2.14. The first-order valence-corrected chi connectivity index (χ1v) is 10.3. The van der Waals surface area contributed by atoms with Crippen molar-refractivity contribution in [3.05, 3.63) is 87.4 Å². The van der Waals surface area contributed by atoms with E-state index in [-0.39, 0.29) is 5.91 Å². The number of anilines is 1. The van der Waals surface area contributed by atoms with Crippen LogP contribution in [0.25, 0.3) is 0 Å². The lowest BCUT2D eigenvalue weighted by Gasteiger charge is -2.12. The summed E-state index contributed by atoms with van der Waals surface area (Å²) < 4.78 is 5.46. The Kier molecular flexibility index (Phi) is 6.89. The van der Waals surface area contributed by atoms with Gasteiger partial charge >= 0.3 is 0 Å². The molecule has 0 fully saturated rings. The van der Waals surface area contributed by atoms with Gasteiger partial charge in [0.05, 0.1) is 7.11 Å². The Morgan fingerprint density at radius 2 is 1.68 bits per heavy atom. The number of thioether (sulfide) groups is 1. The van der Waals surface area contributed by atoms with E-state index in [1.165, 1.54) is 5.56 Å². The molecule has 28 heavy (non-hydrogen) atoms. The van der Waals surface area contributed by atoms with Crippen LogP contribution in [-0.4, -0.2) is 13.0 Å². The minimum atomic E-state index is -0.234. The fourth-order valence-electron chi connectivity index (χ4n) is 2.66. The Morgan fingerprint density at radius 1 is 1.00 bits per heavy atom. The number of benzene rings is 3. The predicted octanol–water partition coefficient (Wildman–Crippen LogP) is 6.86. The molecule has 0 unspecified atom stereocenters. The number of carbonyl (C=O) groups is 1. The normalized spacial score (nSPS) is 10.6. The topological polar surface area (TPSA) is 38.3 Å². The monoisotopic (exact) mass is 431 g/mol. The van der Waals surface area contributed by atoms with Crippen molar-refractivity contribution in [2.75, 3.05) is 12.4 Å². The highest BCUT2D eigenvalue weighted by molar-refractivity contribution is 7.98. The maximum Gasteiger partial charge on any atom is 0.255 e. The second kappa shape index (κ2) is 9.37. The van der Waals surface area contributed by atoms with Crippen LogP contribution in [0.4, 0.5) is 5.69 Å². The summed E-state index contributed by atoms with van der Waals surface area (Å²) in [4.78, 5) is 13.8. The van der Waals surface area contributed by atoms with E-state index >= 15 is 0 Å². The molecule has 0 spiro atoms. The molecule has 0 radical (unpaired) electrons. The molecule has 3 aromatic carbocycles. The average Bonchev–Trinajstić information content (AvgIpc) is 2.66. The summed E-state index contributed by atoms with van der Waals surface area (Å²) in [6.45, 7) is 2.06. The third-order valence-electron chi connectivity index (χ3n) is 4.08. The molecule has 0 atom stereocenters. The van der Waals surface area contributed by atoms with Crippen molar-refractivity contribution < 1.29 is 9.53 Å². The molecule has 0 saturated heterocycles. The molecule has 6 heteroatoms. The van der Waals surface area contributed by atoms with Crippen LogP contribution in [0, 0.1) is 6.92 Å². The second-order valence-electron chi connectivity index (χ2n) is 6.24. The highest BCUT2D eigenvalue weighted by Crippen LogP contribution is 2.29. The molecule has 0 bridgehead atoms. The fourth-order valence-corrected chi connectivity index (χ4v) is 4.06. The van der Waals surface area contributed by atoms with Gasteiger partial charge in [-0.15, -0.1) is 11.8 Å². The molecule has 144 valence electrons. The third kappa shape index (κ3) is 5.44. The molecular weight excluding hydrogens is 413 g/mol. The molecule has 0 aliphatic rings. The molecule has 0 heterocycles. The largest absolute Gasteiger partial charge is 0.496 e. The number of ether oxygens (including phenoxy) is 1. The van der Waals surface area contributed by atoms with E-state index in [9.17, 15) is 4.79 Å². The van der Waals surface area contributed by atoms with Crippen molar-refractivity contribution in [2.45, 2.75) is 17.6 Å². The van der Waals surface area contributed by atoms with Crippen molar-refractivity contribution in [3.8, 4) is 5.75 Å². The van der Waals surface area contributed by atoms with Gasteiger partial charge in [-0.2, -0.15) is 0 Å². The standard InChI is InChI=1S/C22H19Cl2NO2S/c1-14-3-6-20(7-4-14)28-13-16-9-15(5-8-21(16)27-2)22(26)25-19-11-17(23)10-18(24)12-19/h3-12H,13H2,1-2H3,(H,25,26). The number of rotatable bonds is 6. The molecule has 0 aliphatic heterocycles. The number of aryl methyl sites for hydroxylation is 1. The maximum atomic E-state index is 12.7. The van der Waals surface area contributed by atoms with Crippen molar-refractivity contribution in [2.24, 2.45) is 0 Å². The van der Waals surface area contributed by atoms with E-state index in [1.807, 2.05) is 12.1 Å². The lowest BCUT2D eigenvalue weighted by molar-refractivity contribution is 0.102. The molecule has 0 saturated carbocycles. The number of hydrogen-bond acceptors (Lipinski definition) is 3. The molecule has 3 nitrogen and oxygen atoms in total. The fraction of sp³-hybridized carbons (Fsp3) is 0.136. The van der Waals surface area contributed by atoms with E-state index < -0.39 is 0 Å². The second-order valence-corrected chi connectivity index (χ2v) is 8.16. The van der Waals surface area contributed by atoms with E-state index in [0.717, 1.165) is 16.2 Å². The summed E-state index contributed by atoms with van der Waals surface area (Å²) in [5.41, 5.74) is 3.26. The zero-order valence-electron chi connectivity index (χ0n) is 15.5. The van der Waals surface area contributed by atoms with E-state index in [1.54, 1.807) is 43.1 Å². The zero-order valence-corrected chi connectivity index (χ0v) is 17.8. The van der Waals surface area contributed by atoms with Gasteiger partial charge < -0.3 is 10.1 Å². The van der Waals surface area contributed by atoms with Crippen LogP contribution in [0.3, 0.4) is 0 Å². The van der Waals surface area contributed by atoms with Crippen molar-refractivity contribution in [1.82, 2.24) is 0 Å². The molecule has 3 rings (SSSR count). The van der Waals surface area contributed by atoms with Crippen LogP contribution in [0.5, 0.6) is 5.75 Å². The molecule has 1 N–H and O–H groups in total. The molecular formula is C22H19Cl2NO2S. The summed E-state index contributed by atoms with van der Waals surface area (Å²) in [5, 5.41) is 3.76. The summed E-state index contributed by atoms with van der Waals surface area (Å²) in [6.07, 6.45) is 0. The lowest BCUT2D eigenvalue weighted by Crippen LogP contribution is -2.12. The minimum Gasteiger partial charge on any atom is -0.496 e. The summed E-state index contributed by atoms with van der Waals surface area (Å²) in [5.74, 6) is 1.21. The molecule has 0 aromatic heterocycles. The van der Waals surface area contributed by atoms with Gasteiger partial charge in [0.1, 0.15) is 5.75 Å². The Morgan fingerprint density at radius 3 is 2.32 bits per heavy atom. The van der Waals surface area contributed by atoms with E-state index in [4.69, 9.17) is 27.9 Å². The quantitative estimate of drug-likeness (QED) is 0.433. The van der Waals surface area contributed by atoms with Gasteiger partial charge in [-0.3, -0.25) is 4.79 Å². The smallest absolute Gasteiger partial charge is 0.255 e. The SMILES string of the molecule is COc1ccc(C(=O)Nc2cc(Cl)cc(Cl)c2)cc1CSc1ccc(C)cc1. The minimum absolute atomic E-state index is 0.234. The Bertz CT molecular complexity index is 970. The Labute approximate surface area is 179 Å².